The van der Waals surface area contributed by atoms with Gasteiger partial charge in [-0.3, -0.25) is 10.1 Å². The van der Waals surface area contributed by atoms with E-state index in [1.54, 1.807) is 12.1 Å². The van der Waals surface area contributed by atoms with Crippen LogP contribution in [0.15, 0.2) is 35.0 Å². The van der Waals surface area contributed by atoms with E-state index in [0.29, 0.717) is 9.83 Å². The molecule has 0 aliphatic carbocycles. The van der Waals surface area contributed by atoms with Gasteiger partial charge in [0, 0.05) is 6.07 Å². The van der Waals surface area contributed by atoms with E-state index in [9.17, 15) is 9.18 Å². The Morgan fingerprint density at radius 2 is 2.28 bits per heavy atom. The monoisotopic (exact) mass is 263 g/mol. The lowest BCUT2D eigenvalue weighted by molar-refractivity contribution is 0.0988. The smallest absolute Gasteiger partial charge is 0.296 e. The average molecular weight is 263 g/mol. The van der Waals surface area contributed by atoms with Gasteiger partial charge in [-0.05, 0) is 12.1 Å². The second-order valence-electron chi connectivity index (χ2n) is 3.44. The molecule has 0 aliphatic rings. The minimum absolute atomic E-state index is 0.0785. The number of hydrogen-bond acceptors (Lipinski definition) is 5. The number of carbonyl (C=O) groups excluding carboxylic acids is 1. The second-order valence-corrected chi connectivity index (χ2v) is 4.47. The summed E-state index contributed by atoms with van der Waals surface area (Å²) in [5.74, 6) is -0.800. The zero-order chi connectivity index (χ0) is 12.5. The highest BCUT2D eigenvalue weighted by Gasteiger charge is 2.13. The summed E-state index contributed by atoms with van der Waals surface area (Å²) in [4.78, 5) is 15.7. The fourth-order valence-corrected chi connectivity index (χ4v) is 2.34. The average Bonchev–Trinajstić information content (AvgIpc) is 2.97. The highest BCUT2D eigenvalue weighted by Crippen LogP contribution is 2.27. The molecule has 1 aromatic carbocycles. The van der Waals surface area contributed by atoms with E-state index in [-0.39, 0.29) is 11.3 Å². The predicted molar refractivity (Wildman–Crippen MR) is 64.0 cm³/mol. The molecule has 1 N–H and O–H groups in total. The maximum atomic E-state index is 13.4. The van der Waals surface area contributed by atoms with Crippen LogP contribution >= 0.6 is 11.3 Å². The van der Waals surface area contributed by atoms with Crippen LogP contribution in [-0.2, 0) is 0 Å². The van der Waals surface area contributed by atoms with Gasteiger partial charge in [0.25, 0.3) is 5.91 Å². The lowest BCUT2D eigenvalue weighted by Crippen LogP contribution is -2.10. The number of benzene rings is 1. The molecule has 0 radical (unpaired) electrons. The van der Waals surface area contributed by atoms with Crippen LogP contribution in [0.5, 0.6) is 0 Å². The lowest BCUT2D eigenvalue weighted by atomic mass is 10.3. The third kappa shape index (κ3) is 1.84. The molecule has 5 nitrogen and oxygen atoms in total. The molecule has 0 spiro atoms. The number of rotatable bonds is 2. The zero-order valence-electron chi connectivity index (χ0n) is 8.88. The third-order valence-corrected chi connectivity index (χ3v) is 3.19. The number of halogens is 1. The van der Waals surface area contributed by atoms with E-state index in [2.05, 4.69) is 15.5 Å². The highest BCUT2D eigenvalue weighted by molar-refractivity contribution is 7.22. The standard InChI is InChI=1S/C11H6FN3O2S/c12-6-2-1-3-8-9(6)14-11(18-8)15-10(16)7-4-5-13-17-7/h1-5H,(H,14,15,16). The molecular formula is C11H6FN3O2S. The Labute approximate surface area is 104 Å². The predicted octanol–water partition coefficient (Wildman–Crippen LogP) is 2.68. The molecule has 0 bridgehead atoms. The summed E-state index contributed by atoms with van der Waals surface area (Å²) >= 11 is 1.19. The first-order valence-electron chi connectivity index (χ1n) is 5.01. The Balaban J connectivity index is 1.92. The van der Waals surface area contributed by atoms with Gasteiger partial charge in [0.05, 0.1) is 10.9 Å². The summed E-state index contributed by atoms with van der Waals surface area (Å²) in [7, 11) is 0. The molecule has 2 aromatic heterocycles. The molecule has 1 amide bonds. The van der Waals surface area contributed by atoms with E-state index < -0.39 is 11.7 Å². The zero-order valence-corrected chi connectivity index (χ0v) is 9.70. The van der Waals surface area contributed by atoms with Crippen molar-refractivity contribution in [1.82, 2.24) is 10.1 Å². The molecular weight excluding hydrogens is 257 g/mol. The summed E-state index contributed by atoms with van der Waals surface area (Å²) in [5.41, 5.74) is 0.246. The van der Waals surface area contributed by atoms with E-state index >= 15 is 0 Å². The number of aromatic nitrogens is 2. The van der Waals surface area contributed by atoms with Gasteiger partial charge in [-0.1, -0.05) is 22.6 Å². The van der Waals surface area contributed by atoms with Gasteiger partial charge >= 0.3 is 0 Å². The van der Waals surface area contributed by atoms with Crippen molar-refractivity contribution >= 4 is 32.6 Å². The van der Waals surface area contributed by atoms with Crippen LogP contribution in [0.2, 0.25) is 0 Å². The Hall–Kier alpha value is -2.28. The first kappa shape index (κ1) is 10.8. The van der Waals surface area contributed by atoms with Crippen molar-refractivity contribution in [3.05, 3.63) is 42.0 Å². The first-order chi connectivity index (χ1) is 8.74. The van der Waals surface area contributed by atoms with Crippen LogP contribution in [0, 0.1) is 5.82 Å². The molecule has 0 fully saturated rings. The number of hydrogen-bond donors (Lipinski definition) is 1. The van der Waals surface area contributed by atoms with Crippen LogP contribution < -0.4 is 5.32 Å². The van der Waals surface area contributed by atoms with Gasteiger partial charge in [-0.2, -0.15) is 0 Å². The highest BCUT2D eigenvalue weighted by atomic mass is 32.1. The Morgan fingerprint density at radius 3 is 3.00 bits per heavy atom. The third-order valence-electron chi connectivity index (χ3n) is 2.25. The van der Waals surface area contributed by atoms with Crippen molar-refractivity contribution < 1.29 is 13.7 Å². The number of thiazole rings is 1. The largest absolute Gasteiger partial charge is 0.351 e. The minimum Gasteiger partial charge on any atom is -0.351 e. The van der Waals surface area contributed by atoms with E-state index in [4.69, 9.17) is 4.52 Å². The maximum absolute atomic E-state index is 13.4. The Morgan fingerprint density at radius 1 is 1.39 bits per heavy atom. The van der Waals surface area contributed by atoms with E-state index in [1.807, 2.05) is 0 Å². The van der Waals surface area contributed by atoms with Gasteiger partial charge in [-0.25, -0.2) is 9.37 Å². The molecule has 0 unspecified atom stereocenters. The molecule has 0 aliphatic heterocycles. The molecule has 0 saturated carbocycles. The van der Waals surface area contributed by atoms with Crippen LogP contribution in [-0.4, -0.2) is 16.0 Å². The molecule has 90 valence electrons. The van der Waals surface area contributed by atoms with E-state index in [0.717, 1.165) is 0 Å². The fourth-order valence-electron chi connectivity index (χ4n) is 1.46. The van der Waals surface area contributed by atoms with Gasteiger partial charge in [0.2, 0.25) is 5.76 Å². The summed E-state index contributed by atoms with van der Waals surface area (Å²) in [6.45, 7) is 0. The molecule has 3 rings (SSSR count). The number of fused-ring (bicyclic) bond motifs is 1. The van der Waals surface area contributed by atoms with Gasteiger partial charge in [0.15, 0.2) is 5.13 Å². The van der Waals surface area contributed by atoms with Crippen molar-refractivity contribution in [2.75, 3.05) is 5.32 Å². The topological polar surface area (TPSA) is 68.0 Å². The number of para-hydroxylation sites is 1. The number of nitrogens with one attached hydrogen (secondary N) is 1. The number of amides is 1. The van der Waals surface area contributed by atoms with Crippen molar-refractivity contribution in [2.24, 2.45) is 0 Å². The van der Waals surface area contributed by atoms with Crippen molar-refractivity contribution in [1.29, 1.82) is 0 Å². The molecule has 0 atom stereocenters. The minimum atomic E-state index is -0.466. The van der Waals surface area contributed by atoms with Gasteiger partial charge in [0.1, 0.15) is 11.3 Å². The Kier molecular flexibility index (Phi) is 2.52. The normalized spacial score (nSPS) is 10.7. The van der Waals surface area contributed by atoms with Crippen molar-refractivity contribution in [3.8, 4) is 0 Å². The second kappa shape index (κ2) is 4.19. The number of anilines is 1. The number of nitrogens with zero attached hydrogens (tertiary/aromatic N) is 2. The van der Waals surface area contributed by atoms with Crippen LogP contribution in [0.3, 0.4) is 0 Å². The molecule has 0 saturated heterocycles. The van der Waals surface area contributed by atoms with Crippen molar-refractivity contribution in [2.45, 2.75) is 0 Å². The lowest BCUT2D eigenvalue weighted by Gasteiger charge is -1.95. The fraction of sp³-hybridized carbons (Fsp3) is 0. The van der Waals surface area contributed by atoms with Gasteiger partial charge in [-0.15, -0.1) is 0 Å². The van der Waals surface area contributed by atoms with Crippen LogP contribution in [0.4, 0.5) is 9.52 Å². The SMILES string of the molecule is O=C(Nc1nc2c(F)cccc2s1)c1ccno1. The first-order valence-corrected chi connectivity index (χ1v) is 5.83. The summed E-state index contributed by atoms with van der Waals surface area (Å²) in [6, 6.07) is 6.09. The molecule has 3 aromatic rings. The molecule has 18 heavy (non-hydrogen) atoms. The van der Waals surface area contributed by atoms with E-state index in [1.165, 1.54) is 29.7 Å². The summed E-state index contributed by atoms with van der Waals surface area (Å²) in [5, 5.41) is 6.27. The van der Waals surface area contributed by atoms with Crippen LogP contribution in [0.1, 0.15) is 10.6 Å². The maximum Gasteiger partial charge on any atom is 0.296 e. The Bertz CT molecular complexity index is 708. The molecule has 2 heterocycles. The summed E-state index contributed by atoms with van der Waals surface area (Å²) in [6.07, 6.45) is 1.37. The molecule has 7 heteroatoms. The van der Waals surface area contributed by atoms with Crippen LogP contribution in [0.25, 0.3) is 10.2 Å². The summed E-state index contributed by atoms with van der Waals surface area (Å²) < 4.78 is 18.8. The number of carbonyl (C=O) groups is 1. The quantitative estimate of drug-likeness (QED) is 0.771. The van der Waals surface area contributed by atoms with Crippen molar-refractivity contribution in [3.63, 3.8) is 0 Å². The van der Waals surface area contributed by atoms with Gasteiger partial charge < -0.3 is 4.52 Å².